The minimum Gasteiger partial charge on any atom is -1.00 e. The van der Waals surface area contributed by atoms with Gasteiger partial charge in [-0.05, 0) is 0 Å². The van der Waals surface area contributed by atoms with Crippen molar-refractivity contribution in [2.75, 3.05) is 0 Å². The largest absolute Gasteiger partial charge is 2.00 e. The fraction of sp³-hybridized carbons (Fsp3) is 0. The zero-order valence-electron chi connectivity index (χ0n) is 9.14. The van der Waals surface area contributed by atoms with Gasteiger partial charge in [-0.25, -0.2) is 0 Å². The van der Waals surface area contributed by atoms with E-state index in [0.717, 1.165) is 4.90 Å². The van der Waals surface area contributed by atoms with Crippen LogP contribution in [-0.2, 0) is 12.6 Å². The van der Waals surface area contributed by atoms with E-state index < -0.39 is 0 Å². The number of hydrogen-bond acceptors (Lipinski definition) is 2. The molecule has 0 radical (unpaired) electrons. The predicted molar refractivity (Wildman–Crippen MR) is 60.9 cm³/mol. The van der Waals surface area contributed by atoms with Crippen LogP contribution in [0.2, 0.25) is 0 Å². The molecule has 0 saturated heterocycles. The Bertz CT molecular complexity index is 296. The molecule has 0 N–H and O–H groups in total. The van der Waals surface area contributed by atoms with Crippen LogP contribution in [0.4, 0.5) is 0 Å². The van der Waals surface area contributed by atoms with Gasteiger partial charge in [0.05, 0.1) is 0 Å². The van der Waals surface area contributed by atoms with Gasteiger partial charge in [0.15, 0.2) is 0 Å². The average molecular weight is 254 g/mol. The molecule has 16 heavy (non-hydrogen) atoms. The Morgan fingerprint density at radius 1 is 1.00 bits per heavy atom. The molecule has 0 fully saturated rings. The summed E-state index contributed by atoms with van der Waals surface area (Å²) in [5, 5.41) is 0. The van der Waals surface area contributed by atoms with Crippen LogP contribution >= 0.6 is 0 Å². The van der Waals surface area contributed by atoms with E-state index in [1.54, 1.807) is 12.3 Å². The summed E-state index contributed by atoms with van der Waals surface area (Å²) in [6.45, 7) is 0. The molecule has 0 aliphatic rings. The van der Waals surface area contributed by atoms with E-state index in [-0.39, 0.29) is 54.3 Å². The second-order valence-electron chi connectivity index (χ2n) is 2.27. The van der Waals surface area contributed by atoms with Gasteiger partial charge in [0, 0.05) is 0 Å². The van der Waals surface area contributed by atoms with E-state index >= 15 is 0 Å². The van der Waals surface area contributed by atoms with Crippen molar-refractivity contribution < 1.29 is 31.3 Å². The standard InChI is InChI=1S/C6H6S.C5H4N.ClH.Li.Mg/c7-6-4-2-1-3-5-6;1-2-4-6-5-3-1;;;/h1-5,7H;1-4H;1H;;/q;-1;;+1;+2/p-2. The number of pyridine rings is 1. The Kier molecular flexibility index (Phi) is 20.5. The monoisotopic (exact) mass is 253 g/mol. The summed E-state index contributed by atoms with van der Waals surface area (Å²) in [5.41, 5.74) is 0. The second kappa shape index (κ2) is 15.2. The first kappa shape index (κ1) is 21.5. The number of nitrogens with zero attached hydrogens (tertiary/aromatic N) is 1. The van der Waals surface area contributed by atoms with Crippen LogP contribution in [0.25, 0.3) is 0 Å². The predicted octanol–water partition coefficient (Wildman–Crippen LogP) is -3.90. The molecule has 5 heteroatoms. The van der Waals surface area contributed by atoms with Crippen molar-refractivity contribution in [1.29, 1.82) is 0 Å². The van der Waals surface area contributed by atoms with Gasteiger partial charge in [0.2, 0.25) is 0 Å². The normalized spacial score (nSPS) is 6.75. The quantitative estimate of drug-likeness (QED) is 0.271. The van der Waals surface area contributed by atoms with Gasteiger partial charge in [-0.2, -0.15) is 23.1 Å². The van der Waals surface area contributed by atoms with Gasteiger partial charge in [-0.1, -0.05) is 42.7 Å². The van der Waals surface area contributed by atoms with Gasteiger partial charge in [-0.15, -0.1) is 0 Å². The maximum absolute atomic E-state index is 4.81. The fourth-order valence-electron chi connectivity index (χ4n) is 0.698. The number of rotatable bonds is 0. The van der Waals surface area contributed by atoms with Crippen molar-refractivity contribution in [2.45, 2.75) is 4.90 Å². The van der Waals surface area contributed by atoms with Crippen LogP contribution in [0, 0.1) is 6.20 Å². The summed E-state index contributed by atoms with van der Waals surface area (Å²) in [6, 6.07) is 15.1. The molecule has 0 amide bonds. The van der Waals surface area contributed by atoms with Crippen LogP contribution < -0.4 is 31.3 Å². The average Bonchev–Trinajstić information content (AvgIpc) is 2.22. The summed E-state index contributed by atoms with van der Waals surface area (Å²) in [7, 11) is 0. The van der Waals surface area contributed by atoms with E-state index in [2.05, 4.69) is 11.2 Å². The van der Waals surface area contributed by atoms with E-state index in [1.807, 2.05) is 42.5 Å². The molecule has 0 saturated carbocycles. The summed E-state index contributed by atoms with van der Waals surface area (Å²) in [4.78, 5) is 4.56. The van der Waals surface area contributed by atoms with Crippen molar-refractivity contribution in [3.63, 3.8) is 0 Å². The van der Waals surface area contributed by atoms with Crippen LogP contribution in [0.15, 0.2) is 59.6 Å². The zero-order chi connectivity index (χ0) is 9.36. The first-order valence-corrected chi connectivity index (χ1v) is 4.29. The van der Waals surface area contributed by atoms with Gasteiger partial charge < -0.3 is 30.0 Å². The second-order valence-corrected chi connectivity index (χ2v) is 2.74. The molecule has 0 aliphatic carbocycles. The zero-order valence-corrected chi connectivity index (χ0v) is 12.1. The molecule has 1 nitrogen and oxygen atoms in total. The number of benzene rings is 1. The van der Waals surface area contributed by atoms with E-state index in [4.69, 9.17) is 12.6 Å². The van der Waals surface area contributed by atoms with E-state index in [0.29, 0.717) is 0 Å². The maximum Gasteiger partial charge on any atom is 2.00 e. The summed E-state index contributed by atoms with van der Waals surface area (Å²) >= 11 is 4.81. The molecular formula is C11H9ClLiMgNS. The first-order valence-electron chi connectivity index (χ1n) is 3.89. The summed E-state index contributed by atoms with van der Waals surface area (Å²) in [6.07, 6.45) is 4.34. The smallest absolute Gasteiger partial charge is 1.00 e. The summed E-state index contributed by atoms with van der Waals surface area (Å²) in [5.74, 6) is 0. The van der Waals surface area contributed by atoms with Crippen molar-refractivity contribution in [3.05, 3.63) is 60.9 Å². The van der Waals surface area contributed by atoms with E-state index in [9.17, 15) is 0 Å². The molecule has 0 spiro atoms. The molecule has 2 rings (SSSR count). The molecule has 0 bridgehead atoms. The van der Waals surface area contributed by atoms with Gasteiger partial charge >= 0.3 is 41.9 Å². The number of halogens is 1. The van der Waals surface area contributed by atoms with Crippen LogP contribution in [0.5, 0.6) is 0 Å². The minimum atomic E-state index is 0. The van der Waals surface area contributed by atoms with Crippen molar-refractivity contribution in [3.8, 4) is 0 Å². The fourth-order valence-corrected chi connectivity index (χ4v) is 0.855. The van der Waals surface area contributed by atoms with Crippen molar-refractivity contribution in [2.24, 2.45) is 0 Å². The van der Waals surface area contributed by atoms with Gasteiger partial charge in [0.25, 0.3) is 0 Å². The number of aromatic nitrogens is 1. The third-order valence-corrected chi connectivity index (χ3v) is 1.53. The molecule has 0 aliphatic heterocycles. The Hall–Kier alpha value is 0.244. The molecule has 2 aromatic rings. The summed E-state index contributed by atoms with van der Waals surface area (Å²) < 4.78 is 0. The Morgan fingerprint density at radius 2 is 1.62 bits per heavy atom. The molecule has 1 aromatic heterocycles. The molecule has 74 valence electrons. The molecular weight excluding hydrogens is 245 g/mol. The first-order chi connectivity index (χ1) is 6.39. The van der Waals surface area contributed by atoms with Crippen LogP contribution in [-0.4, -0.2) is 28.0 Å². The van der Waals surface area contributed by atoms with Gasteiger partial charge in [-0.3, -0.25) is 0 Å². The third kappa shape index (κ3) is 12.3. The Labute approximate surface area is 137 Å². The van der Waals surface area contributed by atoms with Crippen molar-refractivity contribution >= 4 is 35.7 Å². The number of hydrogen-bond donors (Lipinski definition) is 0. The van der Waals surface area contributed by atoms with Crippen LogP contribution in [0.3, 0.4) is 0 Å². The molecule has 1 aromatic carbocycles. The topological polar surface area (TPSA) is 12.9 Å². The SMILES string of the molecule is [Cl-].[Li+].[Mg+2].[S-]c1ccccc1.[c-]1ccccn1. The van der Waals surface area contributed by atoms with Crippen LogP contribution in [0.1, 0.15) is 0 Å². The Balaban J connectivity index is -0.000000179. The van der Waals surface area contributed by atoms with E-state index in [1.165, 1.54) is 0 Å². The molecule has 1 heterocycles. The molecule has 0 atom stereocenters. The van der Waals surface area contributed by atoms with Crippen molar-refractivity contribution in [1.82, 2.24) is 4.98 Å². The minimum absolute atomic E-state index is 0. The molecule has 0 unspecified atom stereocenters. The maximum atomic E-state index is 4.81. The van der Waals surface area contributed by atoms with Gasteiger partial charge in [0.1, 0.15) is 0 Å². The third-order valence-electron chi connectivity index (χ3n) is 1.26. The Morgan fingerprint density at radius 3 is 1.81 bits per heavy atom.